The molecule has 10 heteroatoms. The van der Waals surface area contributed by atoms with E-state index in [1.807, 2.05) is 48.5 Å². The molecule has 192 valence electrons. The number of halogens is 2. The van der Waals surface area contributed by atoms with Crippen molar-refractivity contribution < 1.29 is 24.0 Å². The first-order chi connectivity index (χ1) is 18.2. The molecule has 2 bridgehead atoms. The molecule has 3 aliphatic carbocycles. The lowest BCUT2D eigenvalue weighted by atomic mass is 9.54. The first-order valence-corrected chi connectivity index (χ1v) is 12.8. The molecule has 38 heavy (non-hydrogen) atoms. The highest BCUT2D eigenvalue weighted by Crippen LogP contribution is 2.69. The molecule has 0 radical (unpaired) electrons. The number of amides is 2. The number of carbonyl (C=O) groups excluding carboxylic acids is 3. The van der Waals surface area contributed by atoms with Gasteiger partial charge in [0.25, 0.3) is 5.69 Å². The number of imide groups is 1. The van der Waals surface area contributed by atoms with Crippen LogP contribution in [0.5, 0.6) is 0 Å². The van der Waals surface area contributed by atoms with Crippen LogP contribution in [0, 0.1) is 22.0 Å². The first kappa shape index (κ1) is 24.6. The topological polar surface area (TPSA) is 107 Å². The number of alkyl halides is 2. The molecule has 1 aliphatic heterocycles. The highest BCUT2D eigenvalue weighted by Gasteiger charge is 2.72. The van der Waals surface area contributed by atoms with Gasteiger partial charge in [0.2, 0.25) is 11.8 Å². The lowest BCUT2D eigenvalue weighted by molar-refractivity contribution is -0.384. The molecule has 0 aromatic heterocycles. The third-order valence-corrected chi connectivity index (χ3v) is 9.05. The number of nitro benzene ring substituents is 1. The quantitative estimate of drug-likeness (QED) is 0.146. The minimum atomic E-state index is -1.27. The van der Waals surface area contributed by atoms with Gasteiger partial charge in [-0.15, -0.1) is 23.2 Å². The van der Waals surface area contributed by atoms with Crippen LogP contribution < -0.4 is 0 Å². The summed E-state index contributed by atoms with van der Waals surface area (Å²) in [5, 5.41) is 10.8. The van der Waals surface area contributed by atoms with Crippen molar-refractivity contribution >= 4 is 46.7 Å². The number of hydrogen-bond donors (Lipinski definition) is 0. The van der Waals surface area contributed by atoms with Crippen LogP contribution in [0.15, 0.2) is 72.8 Å². The minimum absolute atomic E-state index is 0.0694. The molecule has 1 saturated heterocycles. The number of nitrogens with zero attached hydrogens (tertiary/aromatic N) is 2. The fraction of sp³-hybridized carbons (Fsp3) is 0.250. The number of likely N-dealkylation sites (tertiary alicyclic amines) is 1. The maximum atomic E-state index is 13.7. The van der Waals surface area contributed by atoms with Crippen molar-refractivity contribution in [3.8, 4) is 0 Å². The molecular weight excluding hydrogens is 531 g/mol. The van der Waals surface area contributed by atoms with Crippen molar-refractivity contribution in [1.82, 2.24) is 4.90 Å². The van der Waals surface area contributed by atoms with Gasteiger partial charge in [0.05, 0.1) is 23.2 Å². The highest BCUT2D eigenvalue weighted by molar-refractivity contribution is 6.36. The number of ether oxygens (including phenoxy) is 1. The number of benzene rings is 3. The number of nitro groups is 1. The standard InChI is InChI=1S/C28H20Cl2N2O6/c29-27-18-5-1-2-6-19(18)28(30,21-8-4-3-7-20(21)27)24-23(27)25(34)31(26(24)35)14-13-22(33)38-15-16-9-11-17(12-10-16)32(36)37/h1-12,23-24H,13-15H2/t23-,24-,27?,28?/m1/s1. The lowest BCUT2D eigenvalue weighted by Gasteiger charge is -2.54. The molecular formula is C28H20Cl2N2O6. The number of rotatable bonds is 6. The molecule has 2 amide bonds. The summed E-state index contributed by atoms with van der Waals surface area (Å²) in [5.74, 6) is -3.39. The van der Waals surface area contributed by atoms with Crippen molar-refractivity contribution in [3.05, 3.63) is 111 Å². The van der Waals surface area contributed by atoms with E-state index in [0.29, 0.717) is 27.8 Å². The average Bonchev–Trinajstić information content (AvgIpc) is 3.19. The Morgan fingerprint density at radius 3 is 1.71 bits per heavy atom. The summed E-state index contributed by atoms with van der Waals surface area (Å²) in [6.07, 6.45) is -0.214. The summed E-state index contributed by atoms with van der Waals surface area (Å²) in [5.41, 5.74) is 3.34. The molecule has 0 saturated carbocycles. The third kappa shape index (κ3) is 3.26. The van der Waals surface area contributed by atoms with Gasteiger partial charge in [-0.3, -0.25) is 29.4 Å². The zero-order valence-corrected chi connectivity index (χ0v) is 21.3. The molecule has 0 N–H and O–H groups in total. The van der Waals surface area contributed by atoms with Crippen LogP contribution in [0.3, 0.4) is 0 Å². The van der Waals surface area contributed by atoms with Gasteiger partial charge >= 0.3 is 5.97 Å². The van der Waals surface area contributed by atoms with Crippen molar-refractivity contribution in [2.45, 2.75) is 22.8 Å². The van der Waals surface area contributed by atoms with Gasteiger partial charge in [0.15, 0.2) is 0 Å². The summed E-state index contributed by atoms with van der Waals surface area (Å²) in [6, 6.07) is 20.4. The molecule has 7 rings (SSSR count). The first-order valence-electron chi connectivity index (χ1n) is 12.0. The Morgan fingerprint density at radius 2 is 1.29 bits per heavy atom. The second kappa shape index (κ2) is 8.64. The van der Waals surface area contributed by atoms with E-state index in [1.54, 1.807) is 0 Å². The van der Waals surface area contributed by atoms with Crippen LogP contribution in [-0.2, 0) is 35.5 Å². The zero-order valence-electron chi connectivity index (χ0n) is 19.8. The molecule has 2 atom stereocenters. The van der Waals surface area contributed by atoms with Gasteiger partial charge in [-0.25, -0.2) is 0 Å². The summed E-state index contributed by atoms with van der Waals surface area (Å²) < 4.78 is 5.26. The Hall–Kier alpha value is -3.75. The Balaban J connectivity index is 1.24. The molecule has 0 spiro atoms. The van der Waals surface area contributed by atoms with Crippen LogP contribution in [0.2, 0.25) is 0 Å². The number of hydrogen-bond acceptors (Lipinski definition) is 6. The smallest absolute Gasteiger partial charge is 0.307 e. The number of carbonyl (C=O) groups is 3. The molecule has 4 aliphatic rings. The van der Waals surface area contributed by atoms with Gasteiger partial charge in [0.1, 0.15) is 16.4 Å². The van der Waals surface area contributed by atoms with E-state index in [-0.39, 0.29) is 25.3 Å². The minimum Gasteiger partial charge on any atom is -0.461 e. The van der Waals surface area contributed by atoms with Crippen LogP contribution in [0.1, 0.15) is 34.2 Å². The normalized spacial score (nSPS) is 26.5. The predicted octanol–water partition coefficient (Wildman–Crippen LogP) is 4.62. The van der Waals surface area contributed by atoms with Crippen molar-refractivity contribution in [2.75, 3.05) is 6.54 Å². The molecule has 0 unspecified atom stereocenters. The van der Waals surface area contributed by atoms with Gasteiger partial charge in [-0.1, -0.05) is 48.5 Å². The Bertz CT molecular complexity index is 1400. The fourth-order valence-corrected chi connectivity index (χ4v) is 7.20. The summed E-state index contributed by atoms with van der Waals surface area (Å²) >= 11 is 14.7. The molecule has 3 aromatic carbocycles. The summed E-state index contributed by atoms with van der Waals surface area (Å²) in [6.45, 7) is -0.263. The average molecular weight is 551 g/mol. The molecule has 1 heterocycles. The molecule has 8 nitrogen and oxygen atoms in total. The Morgan fingerprint density at radius 1 is 0.842 bits per heavy atom. The van der Waals surface area contributed by atoms with E-state index >= 15 is 0 Å². The lowest BCUT2D eigenvalue weighted by Crippen LogP contribution is -2.57. The largest absolute Gasteiger partial charge is 0.461 e. The van der Waals surface area contributed by atoms with Crippen LogP contribution in [0.4, 0.5) is 5.69 Å². The predicted molar refractivity (Wildman–Crippen MR) is 137 cm³/mol. The highest BCUT2D eigenvalue weighted by atomic mass is 35.5. The van der Waals surface area contributed by atoms with Crippen LogP contribution in [-0.4, -0.2) is 34.2 Å². The van der Waals surface area contributed by atoms with Crippen molar-refractivity contribution in [2.24, 2.45) is 11.8 Å². The Kier molecular flexibility index (Phi) is 5.59. The van der Waals surface area contributed by atoms with Gasteiger partial charge in [-0.05, 0) is 39.9 Å². The van der Waals surface area contributed by atoms with Crippen molar-refractivity contribution in [1.29, 1.82) is 0 Å². The van der Waals surface area contributed by atoms with Crippen molar-refractivity contribution in [3.63, 3.8) is 0 Å². The number of esters is 1. The monoisotopic (exact) mass is 550 g/mol. The SMILES string of the molecule is O=C(CCN1C(=O)[C@H]2[C@H](C1=O)C1(Cl)c3ccccc3C2(Cl)c2ccccc21)OCc1ccc([N+](=O)[O-])cc1. The third-order valence-electron chi connectivity index (χ3n) is 7.76. The van der Waals surface area contributed by atoms with Crippen LogP contribution >= 0.6 is 23.2 Å². The summed E-state index contributed by atoms with van der Waals surface area (Å²) in [4.78, 5) is 48.8. The van der Waals surface area contributed by atoms with Gasteiger partial charge < -0.3 is 4.74 Å². The summed E-state index contributed by atoms with van der Waals surface area (Å²) in [7, 11) is 0. The van der Waals surface area contributed by atoms with E-state index in [1.165, 1.54) is 24.3 Å². The van der Waals surface area contributed by atoms with Gasteiger partial charge in [0, 0.05) is 18.7 Å². The van der Waals surface area contributed by atoms with Crippen LogP contribution in [0.25, 0.3) is 0 Å². The second-order valence-electron chi connectivity index (χ2n) is 9.63. The van der Waals surface area contributed by atoms with Gasteiger partial charge in [-0.2, -0.15) is 0 Å². The second-order valence-corrected chi connectivity index (χ2v) is 10.8. The maximum absolute atomic E-state index is 13.7. The zero-order chi connectivity index (χ0) is 26.8. The number of non-ortho nitro benzene ring substituents is 1. The van der Waals surface area contributed by atoms with E-state index < -0.39 is 44.3 Å². The maximum Gasteiger partial charge on any atom is 0.307 e. The van der Waals surface area contributed by atoms with E-state index in [2.05, 4.69) is 0 Å². The van der Waals surface area contributed by atoms with E-state index in [4.69, 9.17) is 27.9 Å². The fourth-order valence-electron chi connectivity index (χ4n) is 6.10. The molecule has 3 aromatic rings. The Labute approximate surface area is 227 Å². The van der Waals surface area contributed by atoms with E-state index in [0.717, 1.165) is 4.90 Å². The molecule has 1 fully saturated rings. The van der Waals surface area contributed by atoms with E-state index in [9.17, 15) is 24.5 Å².